The zero-order chi connectivity index (χ0) is 9.92. The number of fused-ring (bicyclic) bond motifs is 1. The Labute approximate surface area is 82.6 Å². The first-order valence-electron chi connectivity index (χ1n) is 5.22. The molecule has 4 nitrogen and oxygen atoms in total. The molecule has 4 heteroatoms. The van der Waals surface area contributed by atoms with Gasteiger partial charge in [0.25, 0.3) is 0 Å². The molecule has 0 aromatic heterocycles. The van der Waals surface area contributed by atoms with Gasteiger partial charge in [-0.2, -0.15) is 0 Å². The minimum absolute atomic E-state index is 0.0416. The van der Waals surface area contributed by atoms with Crippen molar-refractivity contribution >= 4 is 11.8 Å². The number of piperidine rings is 1. The van der Waals surface area contributed by atoms with Crippen LogP contribution < -0.4 is 5.32 Å². The average Bonchev–Trinajstić information content (AvgIpc) is 2.76. The second kappa shape index (κ2) is 2.37. The van der Waals surface area contributed by atoms with Crippen molar-refractivity contribution in [2.45, 2.75) is 25.3 Å². The lowest BCUT2D eigenvalue weighted by Crippen LogP contribution is -2.52. The van der Waals surface area contributed by atoms with Gasteiger partial charge < -0.3 is 5.32 Å². The number of hydrogen-bond donors (Lipinski definition) is 1. The molecular weight excluding hydrogens is 180 g/mol. The molecule has 2 amide bonds. The Balaban J connectivity index is 1.91. The van der Waals surface area contributed by atoms with E-state index in [0.717, 1.165) is 25.9 Å². The molecule has 1 aliphatic carbocycles. The first-order valence-corrected chi connectivity index (χ1v) is 5.22. The molecule has 3 unspecified atom stereocenters. The predicted molar refractivity (Wildman–Crippen MR) is 49.3 cm³/mol. The van der Waals surface area contributed by atoms with E-state index in [1.54, 1.807) is 0 Å². The lowest BCUT2D eigenvalue weighted by atomic mass is 9.99. The third-order valence-corrected chi connectivity index (χ3v) is 3.75. The van der Waals surface area contributed by atoms with Crippen LogP contribution in [0.15, 0.2) is 0 Å². The fourth-order valence-electron chi connectivity index (χ4n) is 2.71. The standard InChI is InChI=1S/C10H14N2O2/c1-10(2-3-11-5-10)12-8(13)6-4-7(6)9(12)14/h6-7,11H,2-5H2,1H3. The number of likely N-dealkylation sites (tertiary alicyclic amines) is 1. The number of carbonyl (C=O) groups is 2. The molecule has 3 atom stereocenters. The van der Waals surface area contributed by atoms with Crippen LogP contribution in [0.3, 0.4) is 0 Å². The first-order chi connectivity index (χ1) is 6.63. The lowest BCUT2D eigenvalue weighted by molar-refractivity contribution is -0.147. The van der Waals surface area contributed by atoms with Crippen molar-refractivity contribution in [2.75, 3.05) is 13.1 Å². The highest BCUT2D eigenvalue weighted by atomic mass is 16.2. The molecule has 3 aliphatic rings. The van der Waals surface area contributed by atoms with Gasteiger partial charge in [0.1, 0.15) is 0 Å². The van der Waals surface area contributed by atoms with Gasteiger partial charge in [0.15, 0.2) is 0 Å². The molecule has 2 aliphatic heterocycles. The van der Waals surface area contributed by atoms with Crippen molar-refractivity contribution in [1.82, 2.24) is 10.2 Å². The van der Waals surface area contributed by atoms with Crippen LogP contribution in [0, 0.1) is 11.8 Å². The number of nitrogens with one attached hydrogen (secondary N) is 1. The van der Waals surface area contributed by atoms with E-state index >= 15 is 0 Å². The van der Waals surface area contributed by atoms with Gasteiger partial charge in [0, 0.05) is 6.54 Å². The van der Waals surface area contributed by atoms with Crippen LogP contribution in [0.25, 0.3) is 0 Å². The summed E-state index contributed by atoms with van der Waals surface area (Å²) in [5.41, 5.74) is -0.248. The number of amides is 2. The summed E-state index contributed by atoms with van der Waals surface area (Å²) in [6, 6.07) is 0. The monoisotopic (exact) mass is 194 g/mol. The maximum absolute atomic E-state index is 11.8. The lowest BCUT2D eigenvalue weighted by Gasteiger charge is -2.34. The van der Waals surface area contributed by atoms with Crippen LogP contribution in [0.4, 0.5) is 0 Å². The molecule has 3 fully saturated rings. The van der Waals surface area contributed by atoms with Crippen molar-refractivity contribution < 1.29 is 9.59 Å². The molecule has 76 valence electrons. The molecule has 0 bridgehead atoms. The van der Waals surface area contributed by atoms with Crippen molar-refractivity contribution in [2.24, 2.45) is 11.8 Å². The number of hydrogen-bond acceptors (Lipinski definition) is 3. The summed E-state index contributed by atoms with van der Waals surface area (Å²) < 4.78 is 0. The molecule has 1 N–H and O–H groups in total. The predicted octanol–water partition coefficient (Wildman–Crippen LogP) is -0.257. The summed E-state index contributed by atoms with van der Waals surface area (Å²) in [7, 11) is 0. The SMILES string of the molecule is CC1(N2C(=O)C3CC3C2=O)CCNC1. The van der Waals surface area contributed by atoms with E-state index in [1.165, 1.54) is 4.90 Å². The Morgan fingerprint density at radius 1 is 1.36 bits per heavy atom. The van der Waals surface area contributed by atoms with Crippen LogP contribution in [-0.2, 0) is 9.59 Å². The van der Waals surface area contributed by atoms with E-state index in [0.29, 0.717) is 0 Å². The Morgan fingerprint density at radius 2 is 2.00 bits per heavy atom. The minimum atomic E-state index is -0.248. The number of rotatable bonds is 1. The fraction of sp³-hybridized carbons (Fsp3) is 0.800. The van der Waals surface area contributed by atoms with E-state index in [4.69, 9.17) is 0 Å². The molecule has 0 aromatic carbocycles. The number of imide groups is 1. The quantitative estimate of drug-likeness (QED) is 0.585. The van der Waals surface area contributed by atoms with E-state index in [2.05, 4.69) is 5.32 Å². The van der Waals surface area contributed by atoms with Gasteiger partial charge >= 0.3 is 0 Å². The maximum atomic E-state index is 11.8. The van der Waals surface area contributed by atoms with Crippen molar-refractivity contribution in [1.29, 1.82) is 0 Å². The molecule has 0 spiro atoms. The van der Waals surface area contributed by atoms with Gasteiger partial charge in [-0.05, 0) is 26.3 Å². The van der Waals surface area contributed by atoms with Gasteiger partial charge in [0.2, 0.25) is 11.8 Å². The van der Waals surface area contributed by atoms with Crippen LogP contribution in [0.5, 0.6) is 0 Å². The van der Waals surface area contributed by atoms with Gasteiger partial charge in [-0.25, -0.2) is 0 Å². The Morgan fingerprint density at radius 3 is 2.50 bits per heavy atom. The van der Waals surface area contributed by atoms with Crippen LogP contribution >= 0.6 is 0 Å². The highest BCUT2D eigenvalue weighted by Gasteiger charge is 2.62. The number of carbonyl (C=O) groups excluding carboxylic acids is 2. The Bertz CT molecular complexity index is 300. The van der Waals surface area contributed by atoms with Crippen LogP contribution in [0.1, 0.15) is 19.8 Å². The van der Waals surface area contributed by atoms with E-state index in [-0.39, 0.29) is 29.2 Å². The third-order valence-electron chi connectivity index (χ3n) is 3.75. The summed E-state index contributed by atoms with van der Waals surface area (Å²) in [5, 5.41) is 3.21. The van der Waals surface area contributed by atoms with Crippen molar-refractivity contribution in [3.8, 4) is 0 Å². The molecule has 2 heterocycles. The second-order valence-corrected chi connectivity index (χ2v) is 4.88. The van der Waals surface area contributed by atoms with Gasteiger partial charge in [-0.15, -0.1) is 0 Å². The van der Waals surface area contributed by atoms with Gasteiger partial charge in [-0.1, -0.05) is 0 Å². The minimum Gasteiger partial charge on any atom is -0.314 e. The zero-order valence-corrected chi connectivity index (χ0v) is 8.25. The van der Waals surface area contributed by atoms with E-state index in [9.17, 15) is 9.59 Å². The first kappa shape index (κ1) is 8.41. The molecule has 14 heavy (non-hydrogen) atoms. The second-order valence-electron chi connectivity index (χ2n) is 4.88. The van der Waals surface area contributed by atoms with Crippen molar-refractivity contribution in [3.63, 3.8) is 0 Å². The number of nitrogens with zero attached hydrogens (tertiary/aromatic N) is 1. The normalized spacial score (nSPS) is 45.9. The highest BCUT2D eigenvalue weighted by Crippen LogP contribution is 2.49. The molecule has 1 saturated carbocycles. The topological polar surface area (TPSA) is 49.4 Å². The third kappa shape index (κ3) is 0.869. The van der Waals surface area contributed by atoms with Crippen LogP contribution in [0.2, 0.25) is 0 Å². The summed E-state index contributed by atoms with van der Waals surface area (Å²) in [6.07, 6.45) is 1.70. The summed E-state index contributed by atoms with van der Waals surface area (Å²) in [6.45, 7) is 3.67. The smallest absolute Gasteiger partial charge is 0.233 e. The molecular formula is C10H14N2O2. The molecule has 0 aromatic rings. The zero-order valence-electron chi connectivity index (χ0n) is 8.25. The molecule has 2 saturated heterocycles. The van der Waals surface area contributed by atoms with E-state index in [1.807, 2.05) is 6.92 Å². The summed E-state index contributed by atoms with van der Waals surface area (Å²) in [4.78, 5) is 25.2. The Kier molecular flexibility index (Phi) is 1.42. The average molecular weight is 194 g/mol. The fourth-order valence-corrected chi connectivity index (χ4v) is 2.71. The van der Waals surface area contributed by atoms with Gasteiger partial charge in [0.05, 0.1) is 17.4 Å². The van der Waals surface area contributed by atoms with Gasteiger partial charge in [-0.3, -0.25) is 14.5 Å². The highest BCUT2D eigenvalue weighted by molar-refractivity contribution is 6.09. The molecule has 0 radical (unpaired) electrons. The molecule has 3 rings (SSSR count). The van der Waals surface area contributed by atoms with Crippen molar-refractivity contribution in [3.05, 3.63) is 0 Å². The maximum Gasteiger partial charge on any atom is 0.233 e. The Hall–Kier alpha value is -0.900. The summed E-state index contributed by atoms with van der Waals surface area (Å²) >= 11 is 0. The largest absolute Gasteiger partial charge is 0.314 e. The van der Waals surface area contributed by atoms with Crippen LogP contribution in [-0.4, -0.2) is 35.3 Å². The summed E-state index contributed by atoms with van der Waals surface area (Å²) in [5.74, 6) is 0.234. The van der Waals surface area contributed by atoms with E-state index < -0.39 is 0 Å².